The first kappa shape index (κ1) is 17.2. The molecule has 0 unspecified atom stereocenters. The second-order valence-corrected chi connectivity index (χ2v) is 4.49. The predicted molar refractivity (Wildman–Crippen MR) is 73.8 cm³/mol. The molecule has 1 atom stereocenters. The van der Waals surface area contributed by atoms with Gasteiger partial charge in [-0.3, -0.25) is 9.59 Å². The molecule has 5 nitrogen and oxygen atoms in total. The van der Waals surface area contributed by atoms with Crippen LogP contribution in [-0.4, -0.2) is 48.9 Å². The molecular weight excluding hydrogens is 254 g/mol. The Morgan fingerprint density at radius 2 is 2.11 bits per heavy atom. The van der Waals surface area contributed by atoms with E-state index in [-0.39, 0.29) is 30.3 Å². The molecule has 0 aromatic carbocycles. The summed E-state index contributed by atoms with van der Waals surface area (Å²) in [6.07, 6.45) is 1.55. The number of amides is 2. The molecule has 1 aliphatic heterocycles. The zero-order chi connectivity index (χ0) is 12.7. The fraction of sp³-hybridized carbons (Fsp3) is 0.833. The zero-order valence-corrected chi connectivity index (χ0v) is 12.0. The third-order valence-electron chi connectivity index (χ3n) is 2.96. The lowest BCUT2D eigenvalue weighted by atomic mass is 10.2. The third-order valence-corrected chi connectivity index (χ3v) is 2.96. The number of nitrogens with zero attached hydrogens (tertiary/aromatic N) is 1. The first-order valence-corrected chi connectivity index (χ1v) is 6.42. The summed E-state index contributed by atoms with van der Waals surface area (Å²) in [5, 5.41) is 6.02. The normalized spacial score (nSPS) is 19.0. The first-order valence-electron chi connectivity index (χ1n) is 6.42. The second-order valence-electron chi connectivity index (χ2n) is 4.49. The van der Waals surface area contributed by atoms with E-state index in [0.29, 0.717) is 19.4 Å². The van der Waals surface area contributed by atoms with E-state index < -0.39 is 0 Å². The van der Waals surface area contributed by atoms with Gasteiger partial charge in [-0.1, -0.05) is 6.92 Å². The van der Waals surface area contributed by atoms with Gasteiger partial charge in [0.05, 0.1) is 0 Å². The lowest BCUT2D eigenvalue weighted by molar-refractivity contribution is -0.136. The van der Waals surface area contributed by atoms with Crippen LogP contribution in [0.2, 0.25) is 0 Å². The number of halogens is 1. The molecule has 0 aromatic heterocycles. The minimum Gasteiger partial charge on any atom is -0.356 e. The van der Waals surface area contributed by atoms with Crippen LogP contribution in [0.1, 0.15) is 33.1 Å². The molecule has 1 saturated heterocycles. The smallest absolute Gasteiger partial charge is 0.223 e. The molecule has 1 fully saturated rings. The molecule has 1 heterocycles. The molecule has 1 rings (SSSR count). The van der Waals surface area contributed by atoms with E-state index in [9.17, 15) is 9.59 Å². The van der Waals surface area contributed by atoms with E-state index in [1.54, 1.807) is 0 Å². The van der Waals surface area contributed by atoms with Gasteiger partial charge in [-0.05, 0) is 13.3 Å². The number of nitrogens with one attached hydrogen (secondary N) is 2. The van der Waals surface area contributed by atoms with Crippen molar-refractivity contribution >= 4 is 24.2 Å². The highest BCUT2D eigenvalue weighted by molar-refractivity contribution is 5.85. The van der Waals surface area contributed by atoms with Crippen molar-refractivity contribution in [2.24, 2.45) is 0 Å². The van der Waals surface area contributed by atoms with Crippen molar-refractivity contribution in [1.82, 2.24) is 15.5 Å². The molecule has 0 aliphatic carbocycles. The van der Waals surface area contributed by atoms with Crippen molar-refractivity contribution < 1.29 is 9.59 Å². The van der Waals surface area contributed by atoms with Crippen LogP contribution in [0.3, 0.4) is 0 Å². The number of piperazine rings is 1. The maximum absolute atomic E-state index is 11.9. The number of carbonyl (C=O) groups is 2. The van der Waals surface area contributed by atoms with Gasteiger partial charge in [0.25, 0.3) is 0 Å². The van der Waals surface area contributed by atoms with Gasteiger partial charge >= 0.3 is 0 Å². The lowest BCUT2D eigenvalue weighted by Gasteiger charge is -2.34. The molecule has 2 amide bonds. The molecule has 0 spiro atoms. The summed E-state index contributed by atoms with van der Waals surface area (Å²) in [6, 6.07) is 0.231. The van der Waals surface area contributed by atoms with Crippen molar-refractivity contribution in [2.45, 2.75) is 39.2 Å². The van der Waals surface area contributed by atoms with Crippen LogP contribution in [-0.2, 0) is 9.59 Å². The van der Waals surface area contributed by atoms with Crippen LogP contribution >= 0.6 is 12.4 Å². The molecular formula is C12H24ClN3O2. The first-order chi connectivity index (χ1) is 8.15. The Labute approximate surface area is 115 Å². The van der Waals surface area contributed by atoms with Gasteiger partial charge in [0, 0.05) is 45.1 Å². The fourth-order valence-electron chi connectivity index (χ4n) is 1.93. The van der Waals surface area contributed by atoms with Crippen LogP contribution in [0.4, 0.5) is 0 Å². The summed E-state index contributed by atoms with van der Waals surface area (Å²) in [5.74, 6) is 0.0636. The Balaban J connectivity index is 0.00000289. The minimum atomic E-state index is -0.0250. The molecule has 0 bridgehead atoms. The Morgan fingerprint density at radius 1 is 1.39 bits per heavy atom. The average molecular weight is 278 g/mol. The highest BCUT2D eigenvalue weighted by Crippen LogP contribution is 2.06. The van der Waals surface area contributed by atoms with Crippen molar-refractivity contribution in [3.63, 3.8) is 0 Å². The van der Waals surface area contributed by atoms with E-state index in [1.165, 1.54) is 0 Å². The van der Waals surface area contributed by atoms with Crippen molar-refractivity contribution in [3.8, 4) is 0 Å². The van der Waals surface area contributed by atoms with Crippen LogP contribution in [0.15, 0.2) is 0 Å². The topological polar surface area (TPSA) is 61.4 Å². The zero-order valence-electron chi connectivity index (χ0n) is 11.2. The summed E-state index contributed by atoms with van der Waals surface area (Å²) in [7, 11) is 0. The summed E-state index contributed by atoms with van der Waals surface area (Å²) in [4.78, 5) is 25.1. The number of carbonyl (C=O) groups excluding carboxylic acids is 2. The number of hydrogen-bond acceptors (Lipinski definition) is 3. The van der Waals surface area contributed by atoms with Gasteiger partial charge in [-0.2, -0.15) is 0 Å². The maximum atomic E-state index is 11.9. The number of hydrogen-bond donors (Lipinski definition) is 2. The van der Waals surface area contributed by atoms with Gasteiger partial charge < -0.3 is 15.5 Å². The van der Waals surface area contributed by atoms with Gasteiger partial charge in [0.1, 0.15) is 0 Å². The van der Waals surface area contributed by atoms with E-state index in [2.05, 4.69) is 10.6 Å². The summed E-state index contributed by atoms with van der Waals surface area (Å²) < 4.78 is 0. The largest absolute Gasteiger partial charge is 0.356 e. The Hall–Kier alpha value is -0.810. The number of rotatable bonds is 5. The summed E-state index contributed by atoms with van der Waals surface area (Å²) >= 11 is 0. The van der Waals surface area contributed by atoms with Crippen LogP contribution < -0.4 is 10.6 Å². The van der Waals surface area contributed by atoms with Gasteiger partial charge in [-0.25, -0.2) is 0 Å². The van der Waals surface area contributed by atoms with E-state index >= 15 is 0 Å². The lowest BCUT2D eigenvalue weighted by Crippen LogP contribution is -2.52. The highest BCUT2D eigenvalue weighted by Gasteiger charge is 2.22. The van der Waals surface area contributed by atoms with E-state index in [4.69, 9.17) is 0 Å². The minimum absolute atomic E-state index is 0. The predicted octanol–water partition coefficient (Wildman–Crippen LogP) is 0.535. The van der Waals surface area contributed by atoms with Crippen molar-refractivity contribution in [3.05, 3.63) is 0 Å². The van der Waals surface area contributed by atoms with Gasteiger partial charge in [-0.15, -0.1) is 12.4 Å². The summed E-state index contributed by atoms with van der Waals surface area (Å²) in [5.41, 5.74) is 0. The Bertz CT molecular complexity index is 274. The quantitative estimate of drug-likeness (QED) is 0.771. The van der Waals surface area contributed by atoms with Crippen LogP contribution in [0.25, 0.3) is 0 Å². The third kappa shape index (κ3) is 5.69. The molecule has 0 saturated carbocycles. The molecule has 2 N–H and O–H groups in total. The second kappa shape index (κ2) is 9.16. The molecule has 6 heteroatoms. The van der Waals surface area contributed by atoms with Crippen LogP contribution in [0, 0.1) is 0 Å². The monoisotopic (exact) mass is 277 g/mol. The van der Waals surface area contributed by atoms with Crippen molar-refractivity contribution in [1.29, 1.82) is 0 Å². The molecule has 106 valence electrons. The fourth-order valence-corrected chi connectivity index (χ4v) is 1.93. The standard InChI is InChI=1S/C12H23N3O2.ClH/c1-3-6-14-11(16)4-5-12(17)15-8-7-13-9-10(15)2;/h10,13H,3-9H2,1-2H3,(H,14,16);1H/t10-;/m0./s1. The van der Waals surface area contributed by atoms with Gasteiger partial charge in [0.2, 0.25) is 11.8 Å². The van der Waals surface area contributed by atoms with Crippen molar-refractivity contribution in [2.75, 3.05) is 26.2 Å². The van der Waals surface area contributed by atoms with E-state index in [0.717, 1.165) is 26.1 Å². The molecule has 1 aliphatic rings. The molecule has 0 radical (unpaired) electrons. The Kier molecular flexibility index (Phi) is 8.75. The Morgan fingerprint density at radius 3 is 2.72 bits per heavy atom. The molecule has 0 aromatic rings. The average Bonchev–Trinajstić information content (AvgIpc) is 2.34. The van der Waals surface area contributed by atoms with Gasteiger partial charge in [0.15, 0.2) is 0 Å². The van der Waals surface area contributed by atoms with Crippen LogP contribution in [0.5, 0.6) is 0 Å². The highest BCUT2D eigenvalue weighted by atomic mass is 35.5. The molecule has 18 heavy (non-hydrogen) atoms. The maximum Gasteiger partial charge on any atom is 0.223 e. The van der Waals surface area contributed by atoms with E-state index in [1.807, 2.05) is 18.7 Å². The SMILES string of the molecule is CCCNC(=O)CCC(=O)N1CCNC[C@@H]1C.Cl. The summed E-state index contributed by atoms with van der Waals surface area (Å²) in [6.45, 7) is 7.16.